The van der Waals surface area contributed by atoms with Crippen molar-refractivity contribution in [1.29, 1.82) is 0 Å². The van der Waals surface area contributed by atoms with Crippen molar-refractivity contribution in [2.75, 3.05) is 13.2 Å². The average Bonchev–Trinajstić information content (AvgIpc) is 3.01. The molecule has 1 atom stereocenters. The lowest BCUT2D eigenvalue weighted by molar-refractivity contribution is 0.0467. The van der Waals surface area contributed by atoms with Gasteiger partial charge in [-0.1, -0.05) is 5.16 Å². The summed E-state index contributed by atoms with van der Waals surface area (Å²) in [5.74, 6) is -1.49. The summed E-state index contributed by atoms with van der Waals surface area (Å²) >= 11 is 0. The van der Waals surface area contributed by atoms with E-state index in [0.717, 1.165) is 18.2 Å². The van der Waals surface area contributed by atoms with Crippen LogP contribution in [0.5, 0.6) is 0 Å². The zero-order valence-corrected chi connectivity index (χ0v) is 13.1. The molecule has 1 fully saturated rings. The van der Waals surface area contributed by atoms with E-state index in [2.05, 4.69) is 15.5 Å². The fourth-order valence-electron chi connectivity index (χ4n) is 2.76. The summed E-state index contributed by atoms with van der Waals surface area (Å²) < 4.78 is 37.7. The number of halogens is 2. The molecule has 2 heterocycles. The molecule has 1 aromatic carbocycles. The van der Waals surface area contributed by atoms with Gasteiger partial charge in [-0.05, 0) is 43.9 Å². The Balaban J connectivity index is 1.85. The Kier molecular flexibility index (Phi) is 4.84. The number of nitrogens with one attached hydrogen (secondary N) is 1. The van der Waals surface area contributed by atoms with E-state index in [-0.39, 0.29) is 17.4 Å². The molecule has 8 heteroatoms. The minimum atomic E-state index is -0.790. The number of carbonyl (C=O) groups excluding carboxylic acids is 1. The minimum absolute atomic E-state index is 0.0131. The lowest BCUT2D eigenvalue weighted by Crippen LogP contribution is -2.36. The van der Waals surface area contributed by atoms with Gasteiger partial charge in [-0.25, -0.2) is 8.78 Å². The molecule has 0 aliphatic carbocycles. The molecular formula is C16H17F2N3O3. The van der Waals surface area contributed by atoms with Crippen LogP contribution in [-0.2, 0) is 4.74 Å². The monoisotopic (exact) mass is 337 g/mol. The van der Waals surface area contributed by atoms with Crippen LogP contribution >= 0.6 is 0 Å². The largest absolute Gasteiger partial charge is 0.381 e. The molecule has 0 radical (unpaired) electrons. The number of aromatic nitrogens is 2. The van der Waals surface area contributed by atoms with Gasteiger partial charge in [0.15, 0.2) is 5.82 Å². The van der Waals surface area contributed by atoms with E-state index >= 15 is 0 Å². The Labute approximate surface area is 137 Å². The standard InChI is InChI=1S/C16H17F2N3O3/c1-9-19-16(24-21-9)14(10-4-6-23-7-5-10)20-15(22)12-8-11(17)2-3-13(12)18/h2-3,8,10,14H,4-7H2,1H3,(H,20,22). The van der Waals surface area contributed by atoms with E-state index in [0.29, 0.717) is 31.9 Å². The first kappa shape index (κ1) is 16.5. The summed E-state index contributed by atoms with van der Waals surface area (Å²) in [6, 6.07) is 2.17. The second-order valence-corrected chi connectivity index (χ2v) is 5.70. The van der Waals surface area contributed by atoms with E-state index in [1.807, 2.05) is 0 Å². The van der Waals surface area contributed by atoms with Crippen LogP contribution in [0.3, 0.4) is 0 Å². The first-order chi connectivity index (χ1) is 11.5. The number of amides is 1. The molecule has 1 aromatic heterocycles. The van der Waals surface area contributed by atoms with Gasteiger partial charge >= 0.3 is 0 Å². The van der Waals surface area contributed by atoms with Crippen LogP contribution < -0.4 is 5.32 Å². The molecule has 1 aliphatic rings. The third-order valence-electron chi connectivity index (χ3n) is 4.01. The van der Waals surface area contributed by atoms with Gasteiger partial charge in [0.25, 0.3) is 5.91 Å². The summed E-state index contributed by atoms with van der Waals surface area (Å²) in [7, 11) is 0. The highest BCUT2D eigenvalue weighted by Crippen LogP contribution is 2.29. The van der Waals surface area contributed by atoms with Gasteiger partial charge in [0.05, 0.1) is 5.56 Å². The van der Waals surface area contributed by atoms with Crippen molar-refractivity contribution >= 4 is 5.91 Å². The highest BCUT2D eigenvalue weighted by atomic mass is 19.1. The van der Waals surface area contributed by atoms with Crippen LogP contribution in [0.15, 0.2) is 22.7 Å². The predicted octanol–water partition coefficient (Wildman–Crippen LogP) is 2.55. The SMILES string of the molecule is Cc1noc(C(NC(=O)c2cc(F)ccc2F)C2CCOCC2)n1. The molecule has 1 amide bonds. The van der Waals surface area contributed by atoms with Crippen LogP contribution in [0, 0.1) is 24.5 Å². The van der Waals surface area contributed by atoms with E-state index in [9.17, 15) is 13.6 Å². The van der Waals surface area contributed by atoms with Crippen molar-refractivity contribution in [1.82, 2.24) is 15.5 Å². The summed E-state index contributed by atoms with van der Waals surface area (Å²) in [4.78, 5) is 16.6. The van der Waals surface area contributed by atoms with Gasteiger partial charge in [0.1, 0.15) is 17.7 Å². The van der Waals surface area contributed by atoms with Gasteiger partial charge in [-0.3, -0.25) is 4.79 Å². The quantitative estimate of drug-likeness (QED) is 0.928. The second-order valence-electron chi connectivity index (χ2n) is 5.70. The lowest BCUT2D eigenvalue weighted by atomic mass is 9.91. The Bertz CT molecular complexity index is 729. The van der Waals surface area contributed by atoms with Gasteiger partial charge < -0.3 is 14.6 Å². The van der Waals surface area contributed by atoms with Gasteiger partial charge in [0.2, 0.25) is 5.89 Å². The third kappa shape index (κ3) is 3.59. The number of nitrogens with zero attached hydrogens (tertiary/aromatic N) is 2. The molecule has 128 valence electrons. The number of rotatable bonds is 4. The van der Waals surface area contributed by atoms with Crippen LogP contribution in [0.2, 0.25) is 0 Å². The normalized spacial score (nSPS) is 16.8. The fourth-order valence-corrected chi connectivity index (χ4v) is 2.76. The number of ether oxygens (including phenoxy) is 1. The number of benzene rings is 1. The highest BCUT2D eigenvalue weighted by Gasteiger charge is 2.32. The van der Waals surface area contributed by atoms with Gasteiger partial charge in [-0.15, -0.1) is 0 Å². The third-order valence-corrected chi connectivity index (χ3v) is 4.01. The van der Waals surface area contributed by atoms with Crippen molar-refractivity contribution in [3.8, 4) is 0 Å². The molecule has 6 nitrogen and oxygen atoms in total. The average molecular weight is 337 g/mol. The Morgan fingerprint density at radius 3 is 2.75 bits per heavy atom. The lowest BCUT2D eigenvalue weighted by Gasteiger charge is -2.28. The molecule has 3 rings (SSSR count). The van der Waals surface area contributed by atoms with Gasteiger partial charge in [0, 0.05) is 13.2 Å². The van der Waals surface area contributed by atoms with Crippen LogP contribution in [0.25, 0.3) is 0 Å². The Morgan fingerprint density at radius 2 is 2.08 bits per heavy atom. The zero-order valence-electron chi connectivity index (χ0n) is 13.1. The molecule has 1 saturated heterocycles. The van der Waals surface area contributed by atoms with Crippen molar-refractivity contribution in [2.45, 2.75) is 25.8 Å². The van der Waals surface area contributed by atoms with E-state index in [1.165, 1.54) is 0 Å². The van der Waals surface area contributed by atoms with E-state index < -0.39 is 23.6 Å². The number of hydrogen-bond donors (Lipinski definition) is 1. The molecule has 0 spiro atoms. The topological polar surface area (TPSA) is 77.2 Å². The first-order valence-corrected chi connectivity index (χ1v) is 7.68. The highest BCUT2D eigenvalue weighted by molar-refractivity contribution is 5.94. The molecule has 1 unspecified atom stereocenters. The molecule has 2 aromatic rings. The van der Waals surface area contributed by atoms with Gasteiger partial charge in [-0.2, -0.15) is 4.98 Å². The zero-order chi connectivity index (χ0) is 17.1. The maximum atomic E-state index is 13.8. The van der Waals surface area contributed by atoms with Crippen LogP contribution in [0.1, 0.15) is 41.0 Å². The number of carbonyl (C=O) groups is 1. The van der Waals surface area contributed by atoms with Crippen LogP contribution in [0.4, 0.5) is 8.78 Å². The molecule has 1 N–H and O–H groups in total. The molecular weight excluding hydrogens is 320 g/mol. The van der Waals surface area contributed by atoms with Crippen LogP contribution in [-0.4, -0.2) is 29.3 Å². The van der Waals surface area contributed by atoms with Crippen molar-refractivity contribution in [2.24, 2.45) is 5.92 Å². The molecule has 24 heavy (non-hydrogen) atoms. The second kappa shape index (κ2) is 7.04. The Hall–Kier alpha value is -2.35. The summed E-state index contributed by atoms with van der Waals surface area (Å²) in [5, 5.41) is 6.44. The number of aryl methyl sites for hydroxylation is 1. The summed E-state index contributed by atoms with van der Waals surface area (Å²) in [5.41, 5.74) is -0.358. The van der Waals surface area contributed by atoms with Crippen molar-refractivity contribution in [3.05, 3.63) is 47.1 Å². The minimum Gasteiger partial charge on any atom is -0.381 e. The molecule has 0 saturated carbocycles. The number of hydrogen-bond acceptors (Lipinski definition) is 5. The molecule has 0 bridgehead atoms. The summed E-state index contributed by atoms with van der Waals surface area (Å²) in [6.07, 6.45) is 1.38. The first-order valence-electron chi connectivity index (χ1n) is 7.68. The smallest absolute Gasteiger partial charge is 0.255 e. The van der Waals surface area contributed by atoms with E-state index in [4.69, 9.17) is 9.26 Å². The van der Waals surface area contributed by atoms with Crippen molar-refractivity contribution in [3.63, 3.8) is 0 Å². The molecule has 1 aliphatic heterocycles. The summed E-state index contributed by atoms with van der Waals surface area (Å²) in [6.45, 7) is 2.78. The maximum Gasteiger partial charge on any atom is 0.255 e. The Morgan fingerprint density at radius 1 is 1.33 bits per heavy atom. The fraction of sp³-hybridized carbons (Fsp3) is 0.438. The van der Waals surface area contributed by atoms with E-state index in [1.54, 1.807) is 6.92 Å². The maximum absolute atomic E-state index is 13.8. The van der Waals surface area contributed by atoms with Crippen molar-refractivity contribution < 1.29 is 22.8 Å². The predicted molar refractivity (Wildman–Crippen MR) is 79.1 cm³/mol.